The number of aliphatic imine (C=N–C) groups is 2. The molecule has 6 nitrogen and oxygen atoms in total. The van der Waals surface area contributed by atoms with Gasteiger partial charge in [-0.2, -0.15) is 0 Å². The highest BCUT2D eigenvalue weighted by atomic mass is 16.2. The Morgan fingerprint density at radius 2 is 1.92 bits per heavy atom. The predicted molar refractivity (Wildman–Crippen MR) is 41.6 cm³/mol. The summed E-state index contributed by atoms with van der Waals surface area (Å²) < 4.78 is 0. The molecule has 0 saturated heterocycles. The molecule has 0 aromatic carbocycles. The van der Waals surface area contributed by atoms with Gasteiger partial charge in [0.15, 0.2) is 0 Å². The lowest BCUT2D eigenvalue weighted by atomic mass is 10.0. The van der Waals surface area contributed by atoms with Crippen LogP contribution in [0.1, 0.15) is 0 Å². The summed E-state index contributed by atoms with van der Waals surface area (Å²) >= 11 is 0. The maximum Gasteiger partial charge on any atom is 0.261 e. The molecule has 12 heavy (non-hydrogen) atoms. The van der Waals surface area contributed by atoms with Crippen LogP contribution in [0.4, 0.5) is 0 Å². The van der Waals surface area contributed by atoms with E-state index in [4.69, 9.17) is 11.5 Å². The summed E-state index contributed by atoms with van der Waals surface area (Å²) in [7, 11) is 0. The van der Waals surface area contributed by atoms with E-state index >= 15 is 0 Å². The minimum atomic E-state index is -1.85. The molecule has 4 N–H and O–H groups in total. The summed E-state index contributed by atoms with van der Waals surface area (Å²) in [6, 6.07) is 0. The molecule has 1 aliphatic heterocycles. The molecular weight excluding hydrogens is 160 g/mol. The lowest BCUT2D eigenvalue weighted by molar-refractivity contribution is -0.129. The van der Waals surface area contributed by atoms with E-state index in [0.29, 0.717) is 0 Å². The van der Waals surface area contributed by atoms with Crippen molar-refractivity contribution in [1.82, 2.24) is 0 Å². The molecule has 62 valence electrons. The van der Waals surface area contributed by atoms with Gasteiger partial charge in [0.1, 0.15) is 0 Å². The number of primary amides is 2. The Bertz CT molecular complexity index is 310. The molecule has 0 atom stereocenters. The van der Waals surface area contributed by atoms with Crippen molar-refractivity contribution in [2.45, 2.75) is 5.54 Å². The van der Waals surface area contributed by atoms with E-state index in [2.05, 4.69) is 15.9 Å². The van der Waals surface area contributed by atoms with Crippen molar-refractivity contribution in [3.63, 3.8) is 0 Å². The average Bonchev–Trinajstić information content (AvgIpc) is 2.05. The van der Waals surface area contributed by atoms with Gasteiger partial charge in [-0.05, 0) is 0 Å². The Hall–Kier alpha value is -1.94. The maximum absolute atomic E-state index is 10.8. The van der Waals surface area contributed by atoms with E-state index in [1.807, 2.05) is 0 Å². The van der Waals surface area contributed by atoms with Crippen LogP contribution in [0.15, 0.2) is 16.2 Å². The first-order valence-corrected chi connectivity index (χ1v) is 3.03. The maximum atomic E-state index is 10.8. The fourth-order valence-corrected chi connectivity index (χ4v) is 0.697. The molecule has 6 heteroatoms. The number of nitrogens with two attached hydrogens (primary N) is 2. The van der Waals surface area contributed by atoms with Crippen LogP contribution in [0.25, 0.3) is 0 Å². The lowest BCUT2D eigenvalue weighted by Gasteiger charge is -2.16. The summed E-state index contributed by atoms with van der Waals surface area (Å²) in [5, 5.41) is 0. The zero-order valence-electron chi connectivity index (χ0n) is 6.02. The monoisotopic (exact) mass is 166 g/mol. The van der Waals surface area contributed by atoms with E-state index in [0.717, 1.165) is 6.21 Å². The summed E-state index contributed by atoms with van der Waals surface area (Å²) in [5.74, 6) is 0.321. The average molecular weight is 166 g/mol. The van der Waals surface area contributed by atoms with Gasteiger partial charge in [0.05, 0.1) is 12.4 Å². The highest BCUT2D eigenvalue weighted by Gasteiger charge is 2.41. The molecule has 0 bridgehead atoms. The van der Waals surface area contributed by atoms with E-state index < -0.39 is 17.4 Å². The summed E-state index contributed by atoms with van der Waals surface area (Å²) in [4.78, 5) is 28.6. The van der Waals surface area contributed by atoms with E-state index in [1.54, 1.807) is 0 Å². The van der Waals surface area contributed by atoms with Crippen LogP contribution in [0.3, 0.4) is 0 Å². The van der Waals surface area contributed by atoms with Gasteiger partial charge in [-0.1, -0.05) is 0 Å². The van der Waals surface area contributed by atoms with Crippen LogP contribution in [-0.2, 0) is 9.59 Å². The molecule has 0 radical (unpaired) electrons. The highest BCUT2D eigenvalue weighted by molar-refractivity contribution is 6.23. The van der Waals surface area contributed by atoms with E-state index in [9.17, 15) is 9.59 Å². The largest absolute Gasteiger partial charge is 0.367 e. The van der Waals surface area contributed by atoms with Crippen molar-refractivity contribution in [3.05, 3.63) is 6.20 Å². The van der Waals surface area contributed by atoms with Gasteiger partial charge in [-0.15, -0.1) is 0 Å². The van der Waals surface area contributed by atoms with E-state index in [1.165, 1.54) is 6.20 Å². The number of carbonyl (C=O) groups excluding carboxylic acids is 2. The van der Waals surface area contributed by atoms with Crippen LogP contribution in [-0.4, -0.2) is 29.4 Å². The van der Waals surface area contributed by atoms with Crippen molar-refractivity contribution in [2.24, 2.45) is 21.5 Å². The predicted octanol–water partition coefficient (Wildman–Crippen LogP) is -2.04. The summed E-state index contributed by atoms with van der Waals surface area (Å²) in [5.41, 5.74) is 8.00. The fourth-order valence-electron chi connectivity index (χ4n) is 0.697. The van der Waals surface area contributed by atoms with Crippen molar-refractivity contribution in [1.29, 1.82) is 0 Å². The van der Waals surface area contributed by atoms with Crippen LogP contribution < -0.4 is 11.5 Å². The second-order valence-corrected chi connectivity index (χ2v) is 2.14. The molecule has 0 fully saturated rings. The van der Waals surface area contributed by atoms with Gasteiger partial charge in [0.2, 0.25) is 0 Å². The van der Waals surface area contributed by atoms with Crippen LogP contribution >= 0.6 is 0 Å². The fraction of sp³-hybridized carbons (Fsp3) is 0.167. The molecule has 0 aromatic heterocycles. The third-order valence-corrected chi connectivity index (χ3v) is 1.39. The molecule has 0 unspecified atom stereocenters. The number of amides is 2. The Balaban J connectivity index is 3.22. The molecular formula is C6H6N4O2. The standard InChI is InChI=1S/C6H6N4O2/c7-4(11)6(5(8)12)3-9-1-2-10-6/h1,3H,(H2,7,11)(H2,8,12). The first kappa shape index (κ1) is 8.16. The van der Waals surface area contributed by atoms with Crippen molar-refractivity contribution in [2.75, 3.05) is 0 Å². The second kappa shape index (κ2) is 2.60. The number of rotatable bonds is 2. The SMILES string of the molecule is NC(=O)C1(C(N)=O)C=NC=C=N1. The Labute approximate surface area is 67.7 Å². The number of carbonyl (C=O) groups is 2. The Kier molecular flexibility index (Phi) is 1.76. The van der Waals surface area contributed by atoms with Gasteiger partial charge in [-0.25, -0.2) is 4.99 Å². The zero-order chi connectivity index (χ0) is 9.19. The molecule has 0 aliphatic carbocycles. The van der Waals surface area contributed by atoms with Gasteiger partial charge in [0.25, 0.3) is 17.4 Å². The highest BCUT2D eigenvalue weighted by Crippen LogP contribution is 2.08. The third-order valence-electron chi connectivity index (χ3n) is 1.39. The minimum Gasteiger partial charge on any atom is -0.367 e. The molecule has 2 amide bonds. The summed E-state index contributed by atoms with van der Waals surface area (Å²) in [6.45, 7) is 0. The lowest BCUT2D eigenvalue weighted by Crippen LogP contribution is -2.54. The van der Waals surface area contributed by atoms with Crippen LogP contribution in [0.5, 0.6) is 0 Å². The van der Waals surface area contributed by atoms with Gasteiger partial charge in [-0.3, -0.25) is 14.6 Å². The van der Waals surface area contributed by atoms with Crippen molar-refractivity contribution < 1.29 is 9.59 Å². The van der Waals surface area contributed by atoms with Gasteiger partial charge >= 0.3 is 0 Å². The topological polar surface area (TPSA) is 111 Å². The third kappa shape index (κ3) is 0.998. The normalized spacial score (nSPS) is 17.7. The number of hydrogen-bond acceptors (Lipinski definition) is 4. The minimum absolute atomic E-state index is 0.959. The quantitative estimate of drug-likeness (QED) is 0.461. The van der Waals surface area contributed by atoms with Crippen LogP contribution in [0.2, 0.25) is 0 Å². The zero-order valence-corrected chi connectivity index (χ0v) is 6.02. The van der Waals surface area contributed by atoms with Crippen molar-refractivity contribution in [3.8, 4) is 0 Å². The molecule has 0 saturated carbocycles. The molecule has 1 heterocycles. The first-order valence-electron chi connectivity index (χ1n) is 3.03. The van der Waals surface area contributed by atoms with Gasteiger partial charge in [0, 0.05) is 5.87 Å². The smallest absolute Gasteiger partial charge is 0.261 e. The Morgan fingerprint density at radius 3 is 2.17 bits per heavy atom. The van der Waals surface area contributed by atoms with E-state index in [-0.39, 0.29) is 0 Å². The number of nitrogens with zero attached hydrogens (tertiary/aromatic N) is 2. The molecule has 0 spiro atoms. The van der Waals surface area contributed by atoms with Crippen molar-refractivity contribution >= 4 is 23.9 Å². The molecule has 1 aliphatic rings. The van der Waals surface area contributed by atoms with Gasteiger partial charge < -0.3 is 11.5 Å². The van der Waals surface area contributed by atoms with Crippen LogP contribution in [0, 0.1) is 0 Å². The summed E-state index contributed by atoms with van der Waals surface area (Å²) in [6.07, 6.45) is 2.19. The second-order valence-electron chi connectivity index (χ2n) is 2.14. The Morgan fingerprint density at radius 1 is 1.33 bits per heavy atom. The number of hydrogen-bond donors (Lipinski definition) is 2. The molecule has 1 rings (SSSR count). The molecule has 0 aromatic rings. The first-order chi connectivity index (χ1) is 5.59.